The van der Waals surface area contributed by atoms with Crippen molar-refractivity contribution in [3.63, 3.8) is 0 Å². The number of aliphatic hydroxyl groups is 2. The largest absolute Gasteiger partial charge is 0.483 e. The zero-order valence-electron chi connectivity index (χ0n) is 16.3. The van der Waals surface area contributed by atoms with Crippen molar-refractivity contribution in [2.75, 3.05) is 38.6 Å². The number of nitrogens with two attached hydrogens (primary N) is 1. The highest BCUT2D eigenvalue weighted by atomic mass is 16.3. The Morgan fingerprint density at radius 1 is 1.07 bits per heavy atom. The molecule has 5 N–H and O–H groups in total. The molecule has 152 valence electrons. The number of unbranched alkanes of at least 4 members (excludes halogenated alkanes) is 2. The molecule has 0 aliphatic heterocycles. The van der Waals surface area contributed by atoms with Crippen LogP contribution in [0.2, 0.25) is 0 Å². The monoisotopic (exact) mass is 380 g/mol. The molecule has 0 radical (unpaired) electrons. The number of allylic oxidation sites excluding steroid dienone is 2. The summed E-state index contributed by atoms with van der Waals surface area (Å²) in [6.45, 7) is 6.27. The van der Waals surface area contributed by atoms with Crippen molar-refractivity contribution in [3.05, 3.63) is 22.7 Å². The van der Waals surface area contributed by atoms with Gasteiger partial charge in [0.2, 0.25) is 0 Å². The molecule has 0 saturated carbocycles. The Labute approximate surface area is 160 Å². The summed E-state index contributed by atoms with van der Waals surface area (Å²) in [7, 11) is 0. The topological polar surface area (TPSA) is 133 Å². The second kappa shape index (κ2) is 12.4. The molecule has 2 rings (SSSR count). The summed E-state index contributed by atoms with van der Waals surface area (Å²) in [6, 6.07) is 0. The predicted molar refractivity (Wildman–Crippen MR) is 105 cm³/mol. The van der Waals surface area contributed by atoms with Gasteiger partial charge in [-0.05, 0) is 51.6 Å². The van der Waals surface area contributed by atoms with Gasteiger partial charge in [0.05, 0.1) is 18.9 Å². The number of aryl methyl sites for hydroxylation is 1. The van der Waals surface area contributed by atoms with Crippen molar-refractivity contribution in [2.45, 2.75) is 46.0 Å². The zero-order chi connectivity index (χ0) is 20.2. The van der Waals surface area contributed by atoms with Gasteiger partial charge in [0.15, 0.2) is 0 Å². The first-order valence-corrected chi connectivity index (χ1v) is 9.32. The lowest BCUT2D eigenvalue weighted by atomic mass is 10.0. The average molecular weight is 380 g/mol. The van der Waals surface area contributed by atoms with Crippen LogP contribution in [0.25, 0.3) is 5.57 Å². The summed E-state index contributed by atoms with van der Waals surface area (Å²) in [6.07, 6.45) is 5.20. The van der Waals surface area contributed by atoms with Crippen molar-refractivity contribution in [1.82, 2.24) is 14.9 Å². The molecule has 0 atom stereocenters. The minimum Gasteiger partial charge on any atom is -0.483 e. The zero-order valence-corrected chi connectivity index (χ0v) is 16.3. The van der Waals surface area contributed by atoms with Gasteiger partial charge >= 0.3 is 0 Å². The Hall–Kier alpha value is -2.03. The van der Waals surface area contributed by atoms with Gasteiger partial charge in [-0.3, -0.25) is 9.69 Å². The lowest BCUT2D eigenvalue weighted by Crippen LogP contribution is -2.30. The van der Waals surface area contributed by atoms with E-state index in [2.05, 4.69) is 21.8 Å². The molecule has 1 heterocycles. The number of anilines is 1. The first-order chi connectivity index (χ1) is 13.0. The van der Waals surface area contributed by atoms with E-state index in [0.29, 0.717) is 18.9 Å². The third-order valence-electron chi connectivity index (χ3n) is 4.63. The fourth-order valence-corrected chi connectivity index (χ4v) is 3.38. The maximum absolute atomic E-state index is 9.02. The number of hydrogen-bond donors (Lipinski definition) is 4. The van der Waals surface area contributed by atoms with Gasteiger partial charge in [-0.2, -0.15) is 0 Å². The maximum Gasteiger partial charge on any atom is 0.290 e. The number of fused-ring (bicyclic) bond motifs is 1. The van der Waals surface area contributed by atoms with Crippen LogP contribution in [0.3, 0.4) is 0 Å². The second-order valence-electron chi connectivity index (χ2n) is 6.62. The van der Waals surface area contributed by atoms with Crippen molar-refractivity contribution in [1.29, 1.82) is 0 Å². The molecule has 1 aromatic heterocycles. The summed E-state index contributed by atoms with van der Waals surface area (Å²) in [5, 5.41) is 24.9. The number of hydrogen-bond acceptors (Lipinski definition) is 7. The van der Waals surface area contributed by atoms with Gasteiger partial charge in [0.1, 0.15) is 11.6 Å². The molecule has 8 heteroatoms. The summed E-state index contributed by atoms with van der Waals surface area (Å²) < 4.78 is 0. The smallest absolute Gasteiger partial charge is 0.290 e. The molecule has 1 aliphatic carbocycles. The number of rotatable bonds is 10. The van der Waals surface area contributed by atoms with Crippen LogP contribution in [0, 0.1) is 6.92 Å². The van der Waals surface area contributed by atoms with Crippen molar-refractivity contribution in [2.24, 2.45) is 0 Å². The molecular weight excluding hydrogens is 348 g/mol. The molecule has 0 amide bonds. The SMILES string of the molecule is CC1=C(CCCCCN(CCO)CCO)c2nc(C)nc(N)c2C1.O=CO. The summed E-state index contributed by atoms with van der Waals surface area (Å²) in [5.74, 6) is 1.36. The minimum absolute atomic E-state index is 0.142. The highest BCUT2D eigenvalue weighted by molar-refractivity contribution is 5.76. The molecule has 27 heavy (non-hydrogen) atoms. The Morgan fingerprint density at radius 3 is 2.30 bits per heavy atom. The van der Waals surface area contributed by atoms with Gasteiger partial charge in [-0.25, -0.2) is 9.97 Å². The molecule has 0 fully saturated rings. The fraction of sp³-hybridized carbons (Fsp3) is 0.632. The highest BCUT2D eigenvalue weighted by Crippen LogP contribution is 2.36. The quantitative estimate of drug-likeness (QED) is 0.352. The normalized spacial score (nSPS) is 12.8. The van der Waals surface area contributed by atoms with Crippen LogP contribution in [-0.2, 0) is 11.2 Å². The molecule has 1 aliphatic rings. The van der Waals surface area contributed by atoms with Gasteiger partial charge in [0, 0.05) is 18.7 Å². The predicted octanol–water partition coefficient (Wildman–Crippen LogP) is 1.24. The van der Waals surface area contributed by atoms with E-state index >= 15 is 0 Å². The summed E-state index contributed by atoms with van der Waals surface area (Å²) in [4.78, 5) is 19.3. The Balaban J connectivity index is 0.00000114. The van der Waals surface area contributed by atoms with Crippen molar-refractivity contribution >= 4 is 17.9 Å². The lowest BCUT2D eigenvalue weighted by molar-refractivity contribution is -0.122. The van der Waals surface area contributed by atoms with Gasteiger partial charge in [-0.15, -0.1) is 0 Å². The average Bonchev–Trinajstić information content (AvgIpc) is 2.92. The maximum atomic E-state index is 9.02. The van der Waals surface area contributed by atoms with Crippen LogP contribution in [0.1, 0.15) is 49.7 Å². The van der Waals surface area contributed by atoms with Crippen molar-refractivity contribution in [3.8, 4) is 0 Å². The molecule has 1 aromatic rings. The first-order valence-electron chi connectivity index (χ1n) is 9.32. The minimum atomic E-state index is -0.250. The van der Waals surface area contributed by atoms with E-state index < -0.39 is 0 Å². The lowest BCUT2D eigenvalue weighted by Gasteiger charge is -2.19. The number of nitrogen functional groups attached to an aromatic ring is 1. The van der Waals surface area contributed by atoms with E-state index in [1.54, 1.807) is 0 Å². The van der Waals surface area contributed by atoms with E-state index in [0.717, 1.165) is 55.7 Å². The number of aromatic nitrogens is 2. The summed E-state index contributed by atoms with van der Waals surface area (Å²) >= 11 is 0. The Kier molecular flexibility index (Phi) is 10.5. The van der Waals surface area contributed by atoms with Crippen molar-refractivity contribution < 1.29 is 20.1 Å². The molecule has 0 saturated heterocycles. The van der Waals surface area contributed by atoms with Crippen LogP contribution in [0.5, 0.6) is 0 Å². The molecule has 0 bridgehead atoms. The van der Waals surface area contributed by atoms with E-state index in [9.17, 15) is 0 Å². The van der Waals surface area contributed by atoms with Crippen LogP contribution in [0.4, 0.5) is 5.82 Å². The van der Waals surface area contributed by atoms with E-state index in [1.807, 2.05) is 6.92 Å². The fourth-order valence-electron chi connectivity index (χ4n) is 3.38. The highest BCUT2D eigenvalue weighted by Gasteiger charge is 2.23. The number of carbonyl (C=O) groups is 1. The van der Waals surface area contributed by atoms with Crippen LogP contribution < -0.4 is 5.73 Å². The third-order valence-corrected chi connectivity index (χ3v) is 4.63. The number of aliphatic hydroxyl groups excluding tert-OH is 2. The van der Waals surface area contributed by atoms with Crippen LogP contribution in [0.15, 0.2) is 5.57 Å². The van der Waals surface area contributed by atoms with Gasteiger partial charge in [-0.1, -0.05) is 12.0 Å². The Morgan fingerprint density at radius 2 is 1.70 bits per heavy atom. The second-order valence-corrected chi connectivity index (χ2v) is 6.62. The van der Waals surface area contributed by atoms with E-state index in [4.69, 9.17) is 25.8 Å². The Bertz CT molecular complexity index is 628. The number of carboxylic acid groups (broad SMARTS) is 1. The van der Waals surface area contributed by atoms with E-state index in [1.165, 1.54) is 11.1 Å². The number of nitrogens with zero attached hydrogens (tertiary/aromatic N) is 3. The molecule has 0 spiro atoms. The van der Waals surface area contributed by atoms with Gasteiger partial charge in [0.25, 0.3) is 6.47 Å². The first kappa shape index (κ1) is 23.0. The third kappa shape index (κ3) is 7.24. The molecule has 8 nitrogen and oxygen atoms in total. The van der Waals surface area contributed by atoms with Crippen LogP contribution in [-0.4, -0.2) is 69.5 Å². The van der Waals surface area contributed by atoms with Crippen LogP contribution >= 0.6 is 0 Å². The standard InChI is InChI=1S/C18H30N4O2.CH2O2/c1-13-12-16-17(20-14(2)21-18(16)19)15(13)6-4-3-5-7-22(8-10-23)9-11-24;2-1-3/h23-24H,3-12H2,1-2H3,(H2,19,20,21);1H,(H,2,3). The molecule has 0 aromatic carbocycles. The van der Waals surface area contributed by atoms with E-state index in [-0.39, 0.29) is 19.7 Å². The molecule has 0 unspecified atom stereocenters. The van der Waals surface area contributed by atoms with Gasteiger partial charge < -0.3 is 21.1 Å². The summed E-state index contributed by atoms with van der Waals surface area (Å²) in [5.41, 5.74) is 10.9. The molecular formula is C19H32N4O4.